The van der Waals surface area contributed by atoms with Gasteiger partial charge in [0.05, 0.1) is 29.5 Å². The average molecular weight is 563 g/mol. The van der Waals surface area contributed by atoms with E-state index in [4.69, 9.17) is 16.2 Å². The number of benzene rings is 2. The number of likely N-dealkylation sites (tertiary alicyclic amines) is 1. The topological polar surface area (TPSA) is 179 Å². The average Bonchev–Trinajstić information content (AvgIpc) is 3.45. The third-order valence-corrected chi connectivity index (χ3v) is 6.52. The normalized spacial score (nSPS) is 13.9. The van der Waals surface area contributed by atoms with E-state index >= 15 is 0 Å². The van der Waals surface area contributed by atoms with Gasteiger partial charge in [0.15, 0.2) is 5.82 Å². The van der Waals surface area contributed by atoms with Gasteiger partial charge in [0.1, 0.15) is 12.0 Å². The first kappa shape index (κ1) is 30.4. The Morgan fingerprint density at radius 1 is 1.20 bits per heavy atom. The van der Waals surface area contributed by atoms with Crippen LogP contribution in [0.4, 0.5) is 15.8 Å². The highest BCUT2D eigenvalue weighted by atomic mass is 19.1. The fourth-order valence-electron chi connectivity index (χ4n) is 4.36. The van der Waals surface area contributed by atoms with Crippen molar-refractivity contribution in [1.82, 2.24) is 9.88 Å². The highest BCUT2D eigenvalue weighted by molar-refractivity contribution is 6.44. The van der Waals surface area contributed by atoms with Crippen molar-refractivity contribution in [2.45, 2.75) is 25.8 Å². The molecular formula is C29H31FN6O5. The minimum atomic E-state index is -1.22. The number of nitrogens with two attached hydrogens (primary N) is 1. The molecule has 0 bridgehead atoms. The predicted octanol–water partition coefficient (Wildman–Crippen LogP) is 3.08. The van der Waals surface area contributed by atoms with Crippen molar-refractivity contribution in [1.29, 1.82) is 5.41 Å². The number of pyridine rings is 1. The number of hydrogen-bond donors (Lipinski definition) is 5. The largest absolute Gasteiger partial charge is 0.478 e. The number of nitrogens with one attached hydrogen (secondary N) is 3. The minimum absolute atomic E-state index is 0.00596. The number of aryl methyl sites for hydroxylation is 1. The second-order valence-electron chi connectivity index (χ2n) is 9.18. The van der Waals surface area contributed by atoms with Crippen molar-refractivity contribution in [3.8, 4) is 11.3 Å². The van der Waals surface area contributed by atoms with Gasteiger partial charge in [0.2, 0.25) is 5.91 Å². The van der Waals surface area contributed by atoms with Crippen molar-refractivity contribution in [3.05, 3.63) is 77.2 Å². The van der Waals surface area contributed by atoms with Crippen LogP contribution in [0, 0.1) is 18.2 Å². The van der Waals surface area contributed by atoms with Crippen molar-refractivity contribution in [3.63, 3.8) is 0 Å². The van der Waals surface area contributed by atoms with Crippen LogP contribution >= 0.6 is 0 Å². The number of amides is 2. The van der Waals surface area contributed by atoms with Gasteiger partial charge >= 0.3 is 5.97 Å². The van der Waals surface area contributed by atoms with Crippen LogP contribution in [-0.2, 0) is 14.4 Å². The molecule has 0 saturated carbocycles. The van der Waals surface area contributed by atoms with Crippen LogP contribution in [-0.4, -0.2) is 71.0 Å². The number of carbonyl (C=O) groups excluding carboxylic acids is 3. The standard InChI is InChI=1S/C16H18N4O5.C13H13FN2/c17-14(15(18)23)11-6-9(16(24)25)3-4-12(11)19-7-13(22)20-5-1-2-10(20)8-21;1-9-5-4-8-16-13(9)10-6-3-7-11(15-2)12(10)14/h3-4,6,8,10,17,19H,1-2,5,7H2,(H2,18,23)(H,24,25);3-8,15H,1-2H3. The fourth-order valence-corrected chi connectivity index (χ4v) is 4.36. The van der Waals surface area contributed by atoms with E-state index in [0.717, 1.165) is 24.3 Å². The van der Waals surface area contributed by atoms with Crippen molar-refractivity contribution < 1.29 is 28.7 Å². The summed E-state index contributed by atoms with van der Waals surface area (Å²) >= 11 is 0. The fraction of sp³-hybridized carbons (Fsp3) is 0.241. The van der Waals surface area contributed by atoms with Gasteiger partial charge in [-0.1, -0.05) is 12.1 Å². The van der Waals surface area contributed by atoms with E-state index < -0.39 is 23.6 Å². The Hall–Kier alpha value is -5.13. The predicted molar refractivity (Wildman–Crippen MR) is 153 cm³/mol. The van der Waals surface area contributed by atoms with Gasteiger partial charge in [-0.25, -0.2) is 9.18 Å². The lowest BCUT2D eigenvalue weighted by Crippen LogP contribution is -2.40. The summed E-state index contributed by atoms with van der Waals surface area (Å²) in [6, 6.07) is 12.4. The van der Waals surface area contributed by atoms with Gasteiger partial charge in [0.25, 0.3) is 5.91 Å². The van der Waals surface area contributed by atoms with Crippen molar-refractivity contribution in [2.24, 2.45) is 5.73 Å². The number of rotatable bonds is 9. The molecule has 3 aromatic rings. The van der Waals surface area contributed by atoms with Crippen molar-refractivity contribution >= 4 is 41.2 Å². The Balaban J connectivity index is 0.000000248. The molecule has 0 radical (unpaired) electrons. The Labute approximate surface area is 236 Å². The van der Waals surface area contributed by atoms with E-state index in [1.807, 2.05) is 25.1 Å². The lowest BCUT2D eigenvalue weighted by Gasteiger charge is -2.21. The smallest absolute Gasteiger partial charge is 0.335 e. The van der Waals surface area contributed by atoms with Gasteiger partial charge in [-0.2, -0.15) is 0 Å². The first-order chi connectivity index (χ1) is 19.6. The summed E-state index contributed by atoms with van der Waals surface area (Å²) < 4.78 is 14.0. The van der Waals surface area contributed by atoms with Gasteiger partial charge in [-0.15, -0.1) is 0 Å². The van der Waals surface area contributed by atoms with Crippen LogP contribution < -0.4 is 16.4 Å². The van der Waals surface area contributed by atoms with Gasteiger partial charge in [-0.3, -0.25) is 20.0 Å². The number of aromatic carboxylic acids is 1. The first-order valence-electron chi connectivity index (χ1n) is 12.7. The number of carboxylic acids is 1. The third-order valence-electron chi connectivity index (χ3n) is 6.52. The molecule has 4 rings (SSSR count). The molecule has 2 heterocycles. The van der Waals surface area contributed by atoms with E-state index in [1.165, 1.54) is 17.0 Å². The lowest BCUT2D eigenvalue weighted by molar-refractivity contribution is -0.132. The van der Waals surface area contributed by atoms with Crippen LogP contribution in [0.25, 0.3) is 11.3 Å². The molecule has 1 aliphatic rings. The molecule has 1 saturated heterocycles. The molecule has 1 fully saturated rings. The molecule has 11 nitrogen and oxygen atoms in total. The molecule has 6 N–H and O–H groups in total. The number of carboxylic acid groups (broad SMARTS) is 1. The van der Waals surface area contributed by atoms with Gasteiger partial charge in [-0.05, 0) is 61.7 Å². The Morgan fingerprint density at radius 3 is 2.59 bits per heavy atom. The molecule has 41 heavy (non-hydrogen) atoms. The summed E-state index contributed by atoms with van der Waals surface area (Å²) in [5, 5.41) is 22.4. The quantitative estimate of drug-likeness (QED) is 0.195. The molecule has 214 valence electrons. The zero-order valence-electron chi connectivity index (χ0n) is 22.6. The number of halogens is 1. The summed E-state index contributed by atoms with van der Waals surface area (Å²) in [7, 11) is 1.70. The van der Waals surface area contributed by atoms with Gasteiger partial charge < -0.3 is 31.2 Å². The summed E-state index contributed by atoms with van der Waals surface area (Å²) in [6.07, 6.45) is 3.79. The molecule has 12 heteroatoms. The number of aldehydes is 1. The molecule has 2 amide bonds. The van der Waals surface area contributed by atoms with E-state index in [2.05, 4.69) is 15.6 Å². The maximum atomic E-state index is 14.0. The molecular weight excluding hydrogens is 531 g/mol. The highest BCUT2D eigenvalue weighted by Crippen LogP contribution is 2.28. The zero-order chi connectivity index (χ0) is 30.1. The molecule has 1 aromatic heterocycles. The number of primary amides is 1. The Morgan fingerprint density at radius 2 is 1.95 bits per heavy atom. The molecule has 1 aliphatic heterocycles. The van der Waals surface area contributed by atoms with E-state index in [-0.39, 0.29) is 35.1 Å². The van der Waals surface area contributed by atoms with Gasteiger partial charge in [0, 0.05) is 36.6 Å². The van der Waals surface area contributed by atoms with Crippen LogP contribution in [0.5, 0.6) is 0 Å². The molecule has 1 atom stereocenters. The van der Waals surface area contributed by atoms with E-state index in [0.29, 0.717) is 29.9 Å². The minimum Gasteiger partial charge on any atom is -0.478 e. The van der Waals surface area contributed by atoms with Crippen LogP contribution in [0.15, 0.2) is 54.7 Å². The number of nitrogens with zero attached hydrogens (tertiary/aromatic N) is 2. The highest BCUT2D eigenvalue weighted by Gasteiger charge is 2.28. The monoisotopic (exact) mass is 562 g/mol. The number of carbonyl (C=O) groups is 4. The third kappa shape index (κ3) is 7.29. The molecule has 0 aliphatic carbocycles. The van der Waals surface area contributed by atoms with Crippen LogP contribution in [0.1, 0.15) is 34.3 Å². The van der Waals surface area contributed by atoms with Crippen LogP contribution in [0.2, 0.25) is 0 Å². The maximum Gasteiger partial charge on any atom is 0.335 e. The Kier molecular flexibility index (Phi) is 10.2. The molecule has 1 unspecified atom stereocenters. The van der Waals surface area contributed by atoms with E-state index in [9.17, 15) is 23.6 Å². The second-order valence-corrected chi connectivity index (χ2v) is 9.18. The summed E-state index contributed by atoms with van der Waals surface area (Å²) in [6.45, 7) is 2.26. The first-order valence-corrected chi connectivity index (χ1v) is 12.7. The summed E-state index contributed by atoms with van der Waals surface area (Å²) in [5.74, 6) is -2.79. The summed E-state index contributed by atoms with van der Waals surface area (Å²) in [5.41, 5.74) is 7.34. The second kappa shape index (κ2) is 13.8. The number of hydrogen-bond acceptors (Lipinski definition) is 8. The Bertz CT molecular complexity index is 1480. The molecule has 2 aromatic carbocycles. The maximum absolute atomic E-state index is 14.0. The number of aromatic nitrogens is 1. The zero-order valence-corrected chi connectivity index (χ0v) is 22.6. The van der Waals surface area contributed by atoms with Crippen molar-refractivity contribution in [2.75, 3.05) is 30.8 Å². The van der Waals surface area contributed by atoms with Crippen LogP contribution in [0.3, 0.4) is 0 Å². The summed E-state index contributed by atoms with van der Waals surface area (Å²) in [4.78, 5) is 51.2. The SMILES string of the molecule is CNc1cccc(-c2ncccc2C)c1F.N=C(C(N)=O)c1cc(C(=O)O)ccc1NCC(=O)N1CCCC1C=O. The lowest BCUT2D eigenvalue weighted by atomic mass is 10.0. The number of anilines is 2. The molecule has 0 spiro atoms. The van der Waals surface area contributed by atoms with E-state index in [1.54, 1.807) is 25.4 Å².